The molecule has 0 atom stereocenters. The van der Waals surface area contributed by atoms with Gasteiger partial charge in [-0.25, -0.2) is 8.78 Å². The van der Waals surface area contributed by atoms with Crippen LogP contribution in [-0.2, 0) is 0 Å². The van der Waals surface area contributed by atoms with Gasteiger partial charge in [0.1, 0.15) is 0 Å². The lowest BCUT2D eigenvalue weighted by Crippen LogP contribution is -2.34. The van der Waals surface area contributed by atoms with Crippen LogP contribution in [0.3, 0.4) is 0 Å². The lowest BCUT2D eigenvalue weighted by molar-refractivity contribution is 0.0937. The topological polar surface area (TPSA) is 29.1 Å². The lowest BCUT2D eigenvalue weighted by Gasteiger charge is -2.25. The van der Waals surface area contributed by atoms with Gasteiger partial charge in [-0.3, -0.25) is 4.79 Å². The van der Waals surface area contributed by atoms with Gasteiger partial charge in [-0.2, -0.15) is 0 Å². The average molecular weight is 304 g/mol. The van der Waals surface area contributed by atoms with Crippen molar-refractivity contribution in [1.82, 2.24) is 5.32 Å². The van der Waals surface area contributed by atoms with E-state index in [-0.39, 0.29) is 10.6 Å². The molecule has 5 heteroatoms. The summed E-state index contributed by atoms with van der Waals surface area (Å²) >= 11 is 5.77. The summed E-state index contributed by atoms with van der Waals surface area (Å²) in [6.07, 6.45) is 0. The zero-order valence-corrected chi connectivity index (χ0v) is 12.9. The van der Waals surface area contributed by atoms with Gasteiger partial charge >= 0.3 is 0 Å². The highest BCUT2D eigenvalue weighted by molar-refractivity contribution is 6.33. The number of halogens is 3. The first kappa shape index (κ1) is 16.9. The number of nitrogens with one attached hydrogen (secondary N) is 1. The molecular formula is C15H20ClF2NO. The fourth-order valence-corrected chi connectivity index (χ4v) is 2.48. The van der Waals surface area contributed by atoms with Crippen molar-refractivity contribution in [3.8, 4) is 0 Å². The number of carbonyl (C=O) groups excluding carboxylic acids is 1. The highest BCUT2D eigenvalue weighted by atomic mass is 35.5. The molecule has 1 N–H and O–H groups in total. The molecule has 112 valence electrons. The molecule has 0 saturated carbocycles. The molecule has 0 radical (unpaired) electrons. The van der Waals surface area contributed by atoms with E-state index in [0.717, 1.165) is 12.1 Å². The molecule has 0 saturated heterocycles. The molecule has 1 rings (SSSR count). The van der Waals surface area contributed by atoms with Gasteiger partial charge in [-0.15, -0.1) is 0 Å². The summed E-state index contributed by atoms with van der Waals surface area (Å²) in [7, 11) is 0. The summed E-state index contributed by atoms with van der Waals surface area (Å²) in [5, 5.41) is 2.65. The Balaban J connectivity index is 2.79. The van der Waals surface area contributed by atoms with Crippen LogP contribution >= 0.6 is 11.6 Å². The number of hydrogen-bond donors (Lipinski definition) is 1. The maximum atomic E-state index is 13.2. The second kappa shape index (κ2) is 7.02. The minimum Gasteiger partial charge on any atom is -0.352 e. The number of hydrogen-bond acceptors (Lipinski definition) is 1. The van der Waals surface area contributed by atoms with Crippen LogP contribution in [-0.4, -0.2) is 12.5 Å². The van der Waals surface area contributed by atoms with Crippen molar-refractivity contribution < 1.29 is 13.6 Å². The first-order valence-corrected chi connectivity index (χ1v) is 7.04. The molecule has 0 aliphatic rings. The van der Waals surface area contributed by atoms with Gasteiger partial charge in [0.15, 0.2) is 11.6 Å². The van der Waals surface area contributed by atoms with Gasteiger partial charge in [-0.05, 0) is 29.9 Å². The van der Waals surface area contributed by atoms with Gasteiger partial charge in [-0.1, -0.05) is 39.3 Å². The van der Waals surface area contributed by atoms with Crippen LogP contribution in [0, 0.1) is 29.4 Å². The summed E-state index contributed by atoms with van der Waals surface area (Å²) in [5.41, 5.74) is -0.0446. The van der Waals surface area contributed by atoms with Crippen LogP contribution in [0.1, 0.15) is 38.1 Å². The fourth-order valence-electron chi connectivity index (χ4n) is 2.24. The van der Waals surface area contributed by atoms with E-state index in [1.54, 1.807) is 0 Å². The van der Waals surface area contributed by atoms with Crippen molar-refractivity contribution in [2.24, 2.45) is 17.8 Å². The minimum atomic E-state index is -1.08. The van der Waals surface area contributed by atoms with Crippen molar-refractivity contribution in [2.45, 2.75) is 27.7 Å². The number of rotatable bonds is 5. The molecule has 0 bridgehead atoms. The number of carbonyl (C=O) groups is 1. The van der Waals surface area contributed by atoms with E-state index in [9.17, 15) is 13.6 Å². The summed E-state index contributed by atoms with van der Waals surface area (Å²) in [4.78, 5) is 12.0. The molecule has 0 fully saturated rings. The van der Waals surface area contributed by atoms with Gasteiger partial charge in [0.05, 0.1) is 10.6 Å². The summed E-state index contributed by atoms with van der Waals surface area (Å²) < 4.78 is 26.1. The highest BCUT2D eigenvalue weighted by Gasteiger charge is 2.20. The Labute approximate surface area is 123 Å². The van der Waals surface area contributed by atoms with E-state index in [0.29, 0.717) is 24.3 Å². The smallest absolute Gasteiger partial charge is 0.252 e. The Morgan fingerprint density at radius 1 is 1.15 bits per heavy atom. The van der Waals surface area contributed by atoms with E-state index in [4.69, 9.17) is 11.6 Å². The predicted octanol–water partition coefficient (Wildman–Crippen LogP) is 4.28. The molecule has 0 unspecified atom stereocenters. The van der Waals surface area contributed by atoms with Crippen LogP contribution < -0.4 is 5.32 Å². The van der Waals surface area contributed by atoms with Crippen molar-refractivity contribution in [2.75, 3.05) is 6.54 Å². The average Bonchev–Trinajstić information content (AvgIpc) is 2.32. The predicted molar refractivity (Wildman–Crippen MR) is 76.9 cm³/mol. The molecule has 1 aromatic carbocycles. The van der Waals surface area contributed by atoms with Gasteiger partial charge in [0.2, 0.25) is 0 Å². The SMILES string of the molecule is CC(C)C(CNC(=O)c1cc(F)c(F)cc1Cl)C(C)C. The Hall–Kier alpha value is -1.16. The third-order valence-corrected chi connectivity index (χ3v) is 3.78. The third-order valence-electron chi connectivity index (χ3n) is 3.47. The highest BCUT2D eigenvalue weighted by Crippen LogP contribution is 2.22. The van der Waals surface area contributed by atoms with Crippen LogP contribution in [0.15, 0.2) is 12.1 Å². The minimum absolute atomic E-state index is 0.0446. The van der Waals surface area contributed by atoms with E-state index in [1.165, 1.54) is 0 Å². The molecule has 20 heavy (non-hydrogen) atoms. The lowest BCUT2D eigenvalue weighted by atomic mass is 9.85. The second-order valence-electron chi connectivity index (χ2n) is 5.61. The maximum Gasteiger partial charge on any atom is 0.252 e. The Morgan fingerprint density at radius 3 is 2.15 bits per heavy atom. The molecule has 0 spiro atoms. The molecule has 0 aromatic heterocycles. The zero-order chi connectivity index (χ0) is 15.4. The second-order valence-corrected chi connectivity index (χ2v) is 6.02. The monoisotopic (exact) mass is 303 g/mol. The fraction of sp³-hybridized carbons (Fsp3) is 0.533. The molecule has 2 nitrogen and oxygen atoms in total. The van der Waals surface area contributed by atoms with Crippen molar-refractivity contribution in [3.63, 3.8) is 0 Å². The first-order chi connectivity index (χ1) is 9.23. The van der Waals surface area contributed by atoms with E-state index >= 15 is 0 Å². The number of amides is 1. The van der Waals surface area contributed by atoms with Gasteiger partial charge in [0, 0.05) is 6.54 Å². The van der Waals surface area contributed by atoms with E-state index in [1.807, 2.05) is 0 Å². The van der Waals surface area contributed by atoms with Crippen molar-refractivity contribution >= 4 is 17.5 Å². The normalized spacial score (nSPS) is 11.5. The third kappa shape index (κ3) is 4.17. The van der Waals surface area contributed by atoms with Crippen molar-refractivity contribution in [3.05, 3.63) is 34.4 Å². The standard InChI is InChI=1S/C15H20ClF2NO/c1-8(2)11(9(3)4)7-19-15(20)10-5-13(17)14(18)6-12(10)16/h5-6,8-9,11H,7H2,1-4H3,(H,19,20). The summed E-state index contributed by atoms with van der Waals surface area (Å²) in [6.45, 7) is 8.81. The van der Waals surface area contributed by atoms with Gasteiger partial charge < -0.3 is 5.32 Å². The molecule has 0 aliphatic heterocycles. The van der Waals surface area contributed by atoms with E-state index in [2.05, 4.69) is 33.0 Å². The number of benzene rings is 1. The first-order valence-electron chi connectivity index (χ1n) is 6.66. The molecule has 1 aromatic rings. The Kier molecular flexibility index (Phi) is 5.93. The molecule has 0 aliphatic carbocycles. The largest absolute Gasteiger partial charge is 0.352 e. The Bertz CT molecular complexity index is 481. The molecule has 1 amide bonds. The van der Waals surface area contributed by atoms with Crippen LogP contribution in [0.2, 0.25) is 5.02 Å². The van der Waals surface area contributed by atoms with Crippen molar-refractivity contribution in [1.29, 1.82) is 0 Å². The maximum absolute atomic E-state index is 13.2. The zero-order valence-electron chi connectivity index (χ0n) is 12.1. The van der Waals surface area contributed by atoms with Crippen LogP contribution in [0.5, 0.6) is 0 Å². The molecule has 0 heterocycles. The summed E-state index contributed by atoms with van der Waals surface area (Å²) in [6, 6.07) is 1.64. The van der Waals surface area contributed by atoms with Crippen LogP contribution in [0.4, 0.5) is 8.78 Å². The molecular weight excluding hydrogens is 284 g/mol. The summed E-state index contributed by atoms with van der Waals surface area (Å²) in [5.74, 6) is -1.49. The Morgan fingerprint density at radius 2 is 1.65 bits per heavy atom. The van der Waals surface area contributed by atoms with E-state index < -0.39 is 17.5 Å². The van der Waals surface area contributed by atoms with Gasteiger partial charge in [0.25, 0.3) is 5.91 Å². The quantitative estimate of drug-likeness (QED) is 0.808. The van der Waals surface area contributed by atoms with Crippen LogP contribution in [0.25, 0.3) is 0 Å².